The van der Waals surface area contributed by atoms with Gasteiger partial charge in [0.1, 0.15) is 22.2 Å². The van der Waals surface area contributed by atoms with Crippen molar-refractivity contribution in [3.63, 3.8) is 0 Å². The number of nitrogens with one attached hydrogen (secondary N) is 1. The van der Waals surface area contributed by atoms with Crippen molar-refractivity contribution >= 4 is 52.7 Å². The van der Waals surface area contributed by atoms with Gasteiger partial charge < -0.3 is 14.2 Å². The van der Waals surface area contributed by atoms with Crippen LogP contribution in [0.3, 0.4) is 0 Å². The number of pyridine rings is 1. The lowest BCUT2D eigenvalue weighted by atomic mass is 10.0. The molecular weight excluding hydrogens is 637 g/mol. The second-order valence-electron chi connectivity index (χ2n) is 10.4. The summed E-state index contributed by atoms with van der Waals surface area (Å²) >= 11 is 14.3. The van der Waals surface area contributed by atoms with Crippen LogP contribution < -0.4 is 14.5 Å². The molecule has 1 unspecified atom stereocenters. The Hall–Kier alpha value is -3.41. The molecule has 0 radical (unpaired) electrons. The molecule has 2 amide bonds. The number of aromatic amines is 1. The zero-order valence-electron chi connectivity index (χ0n) is 23.6. The third kappa shape index (κ3) is 7.27. The van der Waals surface area contributed by atoms with Crippen molar-refractivity contribution in [3.05, 3.63) is 87.2 Å². The minimum absolute atomic E-state index is 0.00737. The summed E-state index contributed by atoms with van der Waals surface area (Å²) in [5.74, 6) is -1.30. The summed E-state index contributed by atoms with van der Waals surface area (Å²) < 4.78 is 42.9. The average Bonchev–Trinajstić information content (AvgIpc) is 3.80. The Morgan fingerprint density at radius 2 is 1.70 bits per heavy atom. The highest BCUT2D eigenvalue weighted by molar-refractivity contribution is 7.98. The van der Waals surface area contributed by atoms with Gasteiger partial charge in [-0.1, -0.05) is 41.4 Å². The van der Waals surface area contributed by atoms with Crippen molar-refractivity contribution in [1.29, 1.82) is 0 Å². The Labute approximate surface area is 267 Å². The summed E-state index contributed by atoms with van der Waals surface area (Å²) in [6.07, 6.45) is 5.91. The van der Waals surface area contributed by atoms with Crippen LogP contribution in [0, 0.1) is 5.92 Å². The summed E-state index contributed by atoms with van der Waals surface area (Å²) in [4.78, 5) is 44.3. The third-order valence-electron chi connectivity index (χ3n) is 7.38. The van der Waals surface area contributed by atoms with Gasteiger partial charge in [-0.05, 0) is 67.0 Å². The molecule has 1 aromatic heterocycles. The zero-order valence-corrected chi connectivity index (χ0v) is 25.9. The van der Waals surface area contributed by atoms with Gasteiger partial charge in [0.15, 0.2) is 23.9 Å². The van der Waals surface area contributed by atoms with E-state index in [1.807, 2.05) is 6.26 Å². The number of imide groups is 1. The van der Waals surface area contributed by atoms with Crippen molar-refractivity contribution in [3.8, 4) is 11.5 Å². The Morgan fingerprint density at radius 3 is 2.30 bits per heavy atom. The summed E-state index contributed by atoms with van der Waals surface area (Å²) in [6.45, 7) is -2.76. The van der Waals surface area contributed by atoms with Gasteiger partial charge in [0.25, 0.3) is 11.8 Å². The molecule has 2 atom stereocenters. The monoisotopic (exact) mass is 665 g/mol. The van der Waals surface area contributed by atoms with E-state index in [1.165, 1.54) is 54.5 Å². The van der Waals surface area contributed by atoms with Crippen molar-refractivity contribution in [2.45, 2.75) is 44.4 Å². The molecule has 5 rings (SSSR count). The number of H-pyrrole nitrogens is 1. The van der Waals surface area contributed by atoms with Crippen LogP contribution in [0.1, 0.15) is 57.2 Å². The van der Waals surface area contributed by atoms with Crippen LogP contribution in [-0.4, -0.2) is 54.0 Å². The van der Waals surface area contributed by atoms with Crippen LogP contribution in [-0.2, 0) is 16.0 Å². The quantitative estimate of drug-likeness (QED) is 0.144. The number of alkyl halides is 2. The number of carbonyl (C=O) groups excluding carboxylic acids is 3. The smallest absolute Gasteiger partial charge is 0.387 e. The Kier molecular flexibility index (Phi) is 10.3. The molecule has 1 fully saturated rings. The number of halogens is 4. The first-order valence-corrected chi connectivity index (χ1v) is 16.0. The number of nitrogens with zero attached hydrogens (tertiary/aromatic N) is 1. The molecule has 44 heavy (non-hydrogen) atoms. The number of esters is 1. The van der Waals surface area contributed by atoms with E-state index < -0.39 is 36.5 Å². The second-order valence-corrected chi connectivity index (χ2v) is 12.2. The summed E-state index contributed by atoms with van der Waals surface area (Å²) in [5.41, 5.74) is 1.26. The van der Waals surface area contributed by atoms with Gasteiger partial charge in [0.2, 0.25) is 0 Å². The van der Waals surface area contributed by atoms with Crippen LogP contribution in [0.5, 0.6) is 11.5 Å². The van der Waals surface area contributed by atoms with Crippen LogP contribution in [0.15, 0.2) is 54.9 Å². The first kappa shape index (κ1) is 32.0. The largest absolute Gasteiger partial charge is 0.489 e. The fourth-order valence-corrected chi connectivity index (χ4v) is 5.89. The van der Waals surface area contributed by atoms with Crippen molar-refractivity contribution in [1.82, 2.24) is 4.90 Å². The number of carbonyl (C=O) groups is 3. The van der Waals surface area contributed by atoms with Gasteiger partial charge in [0.05, 0.1) is 17.7 Å². The maximum atomic E-state index is 13.9. The van der Waals surface area contributed by atoms with Crippen molar-refractivity contribution in [2.24, 2.45) is 5.92 Å². The predicted molar refractivity (Wildman–Crippen MR) is 161 cm³/mol. The topological polar surface area (TPSA) is 96.3 Å². The Balaban J connectivity index is 1.50. The van der Waals surface area contributed by atoms with Gasteiger partial charge in [-0.15, -0.1) is 0 Å². The highest BCUT2D eigenvalue weighted by atomic mass is 35.5. The van der Waals surface area contributed by atoms with E-state index in [2.05, 4.69) is 9.72 Å². The number of hydrogen-bond donors (Lipinski definition) is 0. The van der Waals surface area contributed by atoms with Gasteiger partial charge in [-0.25, -0.2) is 9.78 Å². The second kappa shape index (κ2) is 14.1. The lowest BCUT2D eigenvalue weighted by molar-refractivity contribution is -0.377. The molecule has 1 aliphatic heterocycles. The van der Waals surface area contributed by atoms with E-state index in [-0.39, 0.29) is 45.5 Å². The molecule has 2 heterocycles. The highest BCUT2D eigenvalue weighted by Gasteiger charge is 2.43. The number of fused-ring (bicyclic) bond motifs is 1. The van der Waals surface area contributed by atoms with Crippen LogP contribution in [0.2, 0.25) is 10.0 Å². The molecule has 0 saturated heterocycles. The predicted octanol–water partition coefficient (Wildman–Crippen LogP) is 6.44. The van der Waals surface area contributed by atoms with Crippen molar-refractivity contribution in [2.75, 3.05) is 18.6 Å². The molecule has 0 spiro atoms. The first-order chi connectivity index (χ1) is 21.2. The highest BCUT2D eigenvalue weighted by Crippen LogP contribution is 2.38. The molecule has 2 aliphatic rings. The number of hydrogen-bond acceptors (Lipinski definition) is 7. The molecule has 13 heteroatoms. The molecule has 0 bridgehead atoms. The van der Waals surface area contributed by atoms with Gasteiger partial charge in [-0.3, -0.25) is 14.5 Å². The number of thioether (sulfide) groups is 1. The maximum absolute atomic E-state index is 13.9. The molecule has 1 aliphatic carbocycles. The van der Waals surface area contributed by atoms with Gasteiger partial charge in [0, 0.05) is 12.0 Å². The minimum Gasteiger partial charge on any atom is -0.489 e. The number of ether oxygens (including phenoxy) is 3. The van der Waals surface area contributed by atoms with E-state index in [0.717, 1.165) is 17.7 Å². The minimum atomic E-state index is -3.08. The fraction of sp³-hybridized carbons (Fsp3) is 0.355. The SMILES string of the molecule is CSCCC(C(=O)O[C@@H](Cc1c(Cl)c[nH+]cc1Cl)c1ccc(OC(F)F)c(OCC2CC2)c1)N1C(=O)c2ccccc2C1=O. The first-order valence-electron chi connectivity index (χ1n) is 13.9. The van der Waals surface area contributed by atoms with E-state index in [9.17, 15) is 23.2 Å². The maximum Gasteiger partial charge on any atom is 0.387 e. The molecule has 1 N–H and O–H groups in total. The van der Waals surface area contributed by atoms with E-state index in [1.54, 1.807) is 12.1 Å². The molecule has 2 aromatic carbocycles. The average molecular weight is 667 g/mol. The number of rotatable bonds is 14. The van der Waals surface area contributed by atoms with Crippen LogP contribution in [0.25, 0.3) is 0 Å². The van der Waals surface area contributed by atoms with Crippen LogP contribution >= 0.6 is 35.0 Å². The molecule has 8 nitrogen and oxygen atoms in total. The standard InChI is InChI=1S/C31H28Cl2F2N2O6S/c1-44-11-10-24(37-28(38)19-4-2-3-5-20(19)29(37)39)30(40)42-26(13-21-22(32)14-36-15-23(21)33)18-8-9-25(43-31(34)35)27(12-18)41-16-17-6-7-17/h2-5,8-9,12,14-15,17,24,26,31H,6-7,10-11,13,16H2,1H3/p+1/t24?,26-/m0/s1. The lowest BCUT2D eigenvalue weighted by Crippen LogP contribution is -2.46. The summed E-state index contributed by atoms with van der Waals surface area (Å²) in [7, 11) is 0. The lowest BCUT2D eigenvalue weighted by Gasteiger charge is -2.28. The molecular formula is C31H29Cl2F2N2O6S+. The zero-order chi connectivity index (χ0) is 31.4. The Morgan fingerprint density at radius 1 is 1.05 bits per heavy atom. The van der Waals surface area contributed by atoms with Gasteiger partial charge >= 0.3 is 12.6 Å². The normalized spacial score (nSPS) is 15.7. The van der Waals surface area contributed by atoms with Crippen molar-refractivity contribution < 1.29 is 42.4 Å². The molecule has 3 aromatic rings. The fourth-order valence-electron chi connectivity index (χ4n) is 4.90. The van der Waals surface area contributed by atoms with Gasteiger partial charge in [-0.2, -0.15) is 20.5 Å². The molecule has 1 saturated carbocycles. The summed E-state index contributed by atoms with van der Waals surface area (Å²) in [6, 6.07) is 9.43. The van der Waals surface area contributed by atoms with E-state index >= 15 is 0 Å². The number of aromatic nitrogens is 1. The number of amides is 2. The number of benzene rings is 2. The summed E-state index contributed by atoms with van der Waals surface area (Å²) in [5, 5.41) is 0.557. The van der Waals surface area contributed by atoms with Crippen LogP contribution in [0.4, 0.5) is 8.78 Å². The van der Waals surface area contributed by atoms with E-state index in [0.29, 0.717) is 29.4 Å². The van der Waals surface area contributed by atoms with E-state index in [4.69, 9.17) is 32.7 Å². The Bertz CT molecular complexity index is 1500. The third-order valence-corrected chi connectivity index (χ3v) is 8.69. The molecule has 232 valence electrons.